The van der Waals surface area contributed by atoms with Crippen molar-refractivity contribution in [2.45, 2.75) is 13.8 Å². The molecule has 4 aromatic rings. The minimum absolute atomic E-state index is 0.238. The summed E-state index contributed by atoms with van der Waals surface area (Å²) < 4.78 is 0. The highest BCUT2D eigenvalue weighted by molar-refractivity contribution is 6.07. The standard InChI is InChI=1S/C28H24N4O2/c1-19-8-6-10-21(16-19)27(33)29-24-14-15-25(32-31-23-12-4-3-5-13-23)26(18-24)30-28(34)22-11-7-9-20(2)17-22/h3-18H,1-2H3,(H,29,33)(H,30,34). The molecule has 6 nitrogen and oxygen atoms in total. The van der Waals surface area contributed by atoms with Crippen LogP contribution in [0.4, 0.5) is 22.7 Å². The third kappa shape index (κ3) is 5.81. The minimum atomic E-state index is -0.276. The molecule has 0 aliphatic carbocycles. The smallest absolute Gasteiger partial charge is 0.255 e. The number of nitrogens with one attached hydrogen (secondary N) is 2. The predicted octanol–water partition coefficient (Wildman–Crippen LogP) is 7.22. The van der Waals surface area contributed by atoms with Crippen LogP contribution in [-0.2, 0) is 0 Å². The number of azo groups is 1. The maximum absolute atomic E-state index is 12.9. The maximum Gasteiger partial charge on any atom is 0.255 e. The molecule has 4 aromatic carbocycles. The SMILES string of the molecule is Cc1cccc(C(=O)Nc2ccc(N=Nc3ccccc3)c(NC(=O)c3cccc(C)c3)c2)c1. The van der Waals surface area contributed by atoms with Gasteiger partial charge in [-0.05, 0) is 68.4 Å². The predicted molar refractivity (Wildman–Crippen MR) is 135 cm³/mol. The molecule has 168 valence electrons. The lowest BCUT2D eigenvalue weighted by Crippen LogP contribution is -2.14. The summed E-state index contributed by atoms with van der Waals surface area (Å²) in [5, 5.41) is 14.4. The van der Waals surface area contributed by atoms with Gasteiger partial charge in [0.25, 0.3) is 11.8 Å². The fourth-order valence-electron chi connectivity index (χ4n) is 3.38. The largest absolute Gasteiger partial charge is 0.322 e. The quantitative estimate of drug-likeness (QED) is 0.305. The Labute approximate surface area is 198 Å². The van der Waals surface area contributed by atoms with Gasteiger partial charge < -0.3 is 10.6 Å². The average Bonchev–Trinajstić information content (AvgIpc) is 2.84. The van der Waals surface area contributed by atoms with Crippen molar-refractivity contribution in [3.05, 3.63) is 119 Å². The van der Waals surface area contributed by atoms with E-state index < -0.39 is 0 Å². The van der Waals surface area contributed by atoms with Crippen LogP contribution >= 0.6 is 0 Å². The molecule has 0 spiro atoms. The average molecular weight is 449 g/mol. The molecular formula is C28H24N4O2. The van der Waals surface area contributed by atoms with Crippen molar-refractivity contribution in [3.63, 3.8) is 0 Å². The normalized spacial score (nSPS) is 10.8. The van der Waals surface area contributed by atoms with E-state index in [1.165, 1.54) is 0 Å². The van der Waals surface area contributed by atoms with Crippen molar-refractivity contribution in [1.82, 2.24) is 0 Å². The molecule has 34 heavy (non-hydrogen) atoms. The minimum Gasteiger partial charge on any atom is -0.322 e. The first-order chi connectivity index (χ1) is 16.5. The Kier molecular flexibility index (Phi) is 6.89. The molecule has 0 saturated carbocycles. The van der Waals surface area contributed by atoms with Crippen LogP contribution in [0.1, 0.15) is 31.8 Å². The summed E-state index contributed by atoms with van der Waals surface area (Å²) in [6.45, 7) is 3.86. The number of benzene rings is 4. The number of aryl methyl sites for hydroxylation is 2. The Morgan fingerprint density at radius 1 is 0.618 bits per heavy atom. The highest BCUT2D eigenvalue weighted by atomic mass is 16.2. The van der Waals surface area contributed by atoms with Crippen LogP contribution in [0.25, 0.3) is 0 Å². The highest BCUT2D eigenvalue weighted by Gasteiger charge is 2.13. The van der Waals surface area contributed by atoms with Gasteiger partial charge in [0.15, 0.2) is 0 Å². The van der Waals surface area contributed by atoms with E-state index in [1.807, 2.05) is 80.6 Å². The van der Waals surface area contributed by atoms with Gasteiger partial charge in [-0.25, -0.2) is 0 Å². The Morgan fingerprint density at radius 2 is 1.24 bits per heavy atom. The van der Waals surface area contributed by atoms with Crippen LogP contribution in [0.5, 0.6) is 0 Å². The summed E-state index contributed by atoms with van der Waals surface area (Å²) in [5.41, 5.74) is 5.19. The fourth-order valence-corrected chi connectivity index (χ4v) is 3.38. The molecule has 4 rings (SSSR count). The zero-order valence-corrected chi connectivity index (χ0v) is 18.9. The van der Waals surface area contributed by atoms with E-state index in [4.69, 9.17) is 0 Å². The van der Waals surface area contributed by atoms with Crippen LogP contribution < -0.4 is 10.6 Å². The molecule has 0 fully saturated rings. The van der Waals surface area contributed by atoms with Gasteiger partial charge in [-0.1, -0.05) is 53.6 Å². The molecule has 0 saturated heterocycles. The van der Waals surface area contributed by atoms with E-state index >= 15 is 0 Å². The third-order valence-corrected chi connectivity index (χ3v) is 5.09. The van der Waals surface area contributed by atoms with Gasteiger partial charge in [-0.2, -0.15) is 5.11 Å². The number of anilines is 2. The fraction of sp³-hybridized carbons (Fsp3) is 0.0714. The number of hydrogen-bond acceptors (Lipinski definition) is 4. The second-order valence-corrected chi connectivity index (χ2v) is 7.91. The Bertz CT molecular complexity index is 1360. The summed E-state index contributed by atoms with van der Waals surface area (Å²) in [6, 6.07) is 29.1. The topological polar surface area (TPSA) is 82.9 Å². The number of amides is 2. The number of nitrogens with zero attached hydrogens (tertiary/aromatic N) is 2. The van der Waals surface area contributed by atoms with Crippen molar-refractivity contribution < 1.29 is 9.59 Å². The number of hydrogen-bond donors (Lipinski definition) is 2. The molecule has 0 aromatic heterocycles. The van der Waals surface area contributed by atoms with E-state index in [-0.39, 0.29) is 11.8 Å². The molecular weight excluding hydrogens is 424 g/mol. The molecule has 0 radical (unpaired) electrons. The zero-order chi connectivity index (χ0) is 23.9. The van der Waals surface area contributed by atoms with E-state index in [2.05, 4.69) is 20.9 Å². The molecule has 0 bridgehead atoms. The van der Waals surface area contributed by atoms with Gasteiger partial charge >= 0.3 is 0 Å². The molecule has 0 heterocycles. The van der Waals surface area contributed by atoms with Gasteiger partial charge in [0.1, 0.15) is 5.69 Å². The van der Waals surface area contributed by atoms with Crippen molar-refractivity contribution in [2.24, 2.45) is 10.2 Å². The molecule has 0 unspecified atom stereocenters. The summed E-state index contributed by atoms with van der Waals surface area (Å²) in [5.74, 6) is -0.514. The zero-order valence-electron chi connectivity index (χ0n) is 18.9. The number of rotatable bonds is 6. The third-order valence-electron chi connectivity index (χ3n) is 5.09. The lowest BCUT2D eigenvalue weighted by Gasteiger charge is -2.12. The molecule has 6 heteroatoms. The van der Waals surface area contributed by atoms with Crippen LogP contribution in [0.15, 0.2) is 107 Å². The summed E-state index contributed by atoms with van der Waals surface area (Å²) in [6.07, 6.45) is 0. The van der Waals surface area contributed by atoms with Gasteiger partial charge in [0.2, 0.25) is 0 Å². The van der Waals surface area contributed by atoms with Crippen LogP contribution in [-0.4, -0.2) is 11.8 Å². The van der Waals surface area contributed by atoms with E-state index in [0.29, 0.717) is 33.9 Å². The summed E-state index contributed by atoms with van der Waals surface area (Å²) >= 11 is 0. The van der Waals surface area contributed by atoms with E-state index in [9.17, 15) is 9.59 Å². The van der Waals surface area contributed by atoms with Crippen LogP contribution in [0.3, 0.4) is 0 Å². The van der Waals surface area contributed by atoms with E-state index in [0.717, 1.165) is 11.1 Å². The van der Waals surface area contributed by atoms with Gasteiger partial charge in [0.05, 0.1) is 11.4 Å². The first-order valence-electron chi connectivity index (χ1n) is 10.8. The van der Waals surface area contributed by atoms with Crippen molar-refractivity contribution in [1.29, 1.82) is 0 Å². The van der Waals surface area contributed by atoms with Crippen molar-refractivity contribution >= 4 is 34.6 Å². The van der Waals surface area contributed by atoms with Crippen LogP contribution in [0, 0.1) is 13.8 Å². The Balaban J connectivity index is 1.63. The maximum atomic E-state index is 12.9. The number of carbonyl (C=O) groups is 2. The summed E-state index contributed by atoms with van der Waals surface area (Å²) in [7, 11) is 0. The number of carbonyl (C=O) groups excluding carboxylic acids is 2. The summed E-state index contributed by atoms with van der Waals surface area (Å²) in [4.78, 5) is 25.6. The molecule has 0 aliphatic rings. The monoisotopic (exact) mass is 448 g/mol. The van der Waals surface area contributed by atoms with E-state index in [1.54, 1.807) is 30.3 Å². The highest BCUT2D eigenvalue weighted by Crippen LogP contribution is 2.31. The first-order valence-corrected chi connectivity index (χ1v) is 10.8. The first kappa shape index (κ1) is 22.6. The Morgan fingerprint density at radius 3 is 1.85 bits per heavy atom. The second-order valence-electron chi connectivity index (χ2n) is 7.91. The Hall–Kier alpha value is -4.58. The second kappa shape index (κ2) is 10.4. The van der Waals surface area contributed by atoms with Crippen molar-refractivity contribution in [3.8, 4) is 0 Å². The molecule has 0 aliphatic heterocycles. The molecule has 0 atom stereocenters. The molecule has 2 amide bonds. The lowest BCUT2D eigenvalue weighted by atomic mass is 10.1. The van der Waals surface area contributed by atoms with Gasteiger partial charge in [-0.15, -0.1) is 5.11 Å². The molecule has 2 N–H and O–H groups in total. The van der Waals surface area contributed by atoms with Gasteiger partial charge in [-0.3, -0.25) is 9.59 Å². The lowest BCUT2D eigenvalue weighted by molar-refractivity contribution is 0.101. The van der Waals surface area contributed by atoms with Gasteiger partial charge in [0, 0.05) is 16.8 Å². The van der Waals surface area contributed by atoms with Crippen LogP contribution in [0.2, 0.25) is 0 Å². The van der Waals surface area contributed by atoms with Crippen molar-refractivity contribution in [2.75, 3.05) is 10.6 Å².